The highest BCUT2D eigenvalue weighted by molar-refractivity contribution is 6.31. The maximum absolute atomic E-state index is 6.16. The van der Waals surface area contributed by atoms with Crippen LogP contribution in [0.5, 0.6) is 5.75 Å². The van der Waals surface area contributed by atoms with E-state index in [0.717, 1.165) is 41.1 Å². The largest absolute Gasteiger partial charge is 0.494 e. The molecule has 0 amide bonds. The van der Waals surface area contributed by atoms with Crippen molar-refractivity contribution in [2.75, 3.05) is 13.2 Å². The van der Waals surface area contributed by atoms with E-state index in [1.807, 2.05) is 30.3 Å². The van der Waals surface area contributed by atoms with Crippen molar-refractivity contribution < 1.29 is 4.74 Å². The van der Waals surface area contributed by atoms with Crippen molar-refractivity contribution in [1.82, 2.24) is 4.98 Å². The minimum Gasteiger partial charge on any atom is -0.494 e. The van der Waals surface area contributed by atoms with Crippen molar-refractivity contribution in [1.29, 1.82) is 0 Å². The molecule has 0 aliphatic carbocycles. The standard InChI is InChI=1S/C20H23ClN2O/c1-2-9-24-17-6-3-14(4-7-17)10-15(12-22)19-13-23-20-8-5-16(21)11-18(19)20/h3-8,11,13,15,23H,2,9-10,12,22H2,1H3. The summed E-state index contributed by atoms with van der Waals surface area (Å²) < 4.78 is 5.64. The number of aromatic amines is 1. The number of nitrogens with one attached hydrogen (secondary N) is 1. The molecule has 4 heteroatoms. The maximum Gasteiger partial charge on any atom is 0.119 e. The van der Waals surface area contributed by atoms with Gasteiger partial charge in [0.15, 0.2) is 0 Å². The Labute approximate surface area is 147 Å². The van der Waals surface area contributed by atoms with Crippen molar-refractivity contribution in [2.45, 2.75) is 25.7 Å². The molecule has 0 aliphatic heterocycles. The van der Waals surface area contributed by atoms with Crippen LogP contribution >= 0.6 is 11.6 Å². The van der Waals surface area contributed by atoms with E-state index in [2.05, 4.69) is 30.2 Å². The highest BCUT2D eigenvalue weighted by Gasteiger charge is 2.15. The average molecular weight is 343 g/mol. The van der Waals surface area contributed by atoms with Gasteiger partial charge in [-0.05, 0) is 60.8 Å². The van der Waals surface area contributed by atoms with Crippen molar-refractivity contribution >= 4 is 22.5 Å². The Kier molecular flexibility index (Phi) is 5.44. The van der Waals surface area contributed by atoms with Crippen LogP contribution in [-0.4, -0.2) is 18.1 Å². The van der Waals surface area contributed by atoms with E-state index in [9.17, 15) is 0 Å². The first-order valence-electron chi connectivity index (χ1n) is 8.39. The molecule has 1 heterocycles. The Balaban J connectivity index is 1.79. The molecule has 3 aromatic rings. The van der Waals surface area contributed by atoms with E-state index in [0.29, 0.717) is 6.54 Å². The Bertz CT molecular complexity index is 795. The Hall–Kier alpha value is -1.97. The third-order valence-electron chi connectivity index (χ3n) is 4.28. The first kappa shape index (κ1) is 16.9. The molecule has 0 bridgehead atoms. The van der Waals surface area contributed by atoms with E-state index in [1.165, 1.54) is 11.1 Å². The molecule has 0 saturated carbocycles. The van der Waals surface area contributed by atoms with Crippen LogP contribution in [0.3, 0.4) is 0 Å². The summed E-state index contributed by atoms with van der Waals surface area (Å²) in [5.41, 5.74) is 9.64. The quantitative estimate of drug-likeness (QED) is 0.642. The molecule has 0 saturated heterocycles. The first-order chi connectivity index (χ1) is 11.7. The minimum absolute atomic E-state index is 0.250. The second-order valence-corrected chi connectivity index (χ2v) is 6.50. The molecule has 3 nitrogen and oxygen atoms in total. The zero-order valence-corrected chi connectivity index (χ0v) is 14.6. The molecule has 2 aromatic carbocycles. The monoisotopic (exact) mass is 342 g/mol. The van der Waals surface area contributed by atoms with Gasteiger partial charge in [-0.25, -0.2) is 0 Å². The fourth-order valence-electron chi connectivity index (χ4n) is 3.00. The van der Waals surface area contributed by atoms with Crippen LogP contribution in [0.15, 0.2) is 48.7 Å². The number of fused-ring (bicyclic) bond motifs is 1. The third kappa shape index (κ3) is 3.74. The van der Waals surface area contributed by atoms with Gasteiger partial charge < -0.3 is 15.5 Å². The molecule has 24 heavy (non-hydrogen) atoms. The zero-order chi connectivity index (χ0) is 16.9. The molecular formula is C20H23ClN2O. The summed E-state index contributed by atoms with van der Waals surface area (Å²) >= 11 is 6.16. The van der Waals surface area contributed by atoms with E-state index in [4.69, 9.17) is 22.1 Å². The molecule has 0 fully saturated rings. The number of halogens is 1. The van der Waals surface area contributed by atoms with Crippen LogP contribution in [0, 0.1) is 0 Å². The number of rotatable bonds is 7. The van der Waals surface area contributed by atoms with Crippen LogP contribution in [-0.2, 0) is 6.42 Å². The summed E-state index contributed by atoms with van der Waals surface area (Å²) in [6, 6.07) is 14.2. The molecule has 3 N–H and O–H groups in total. The lowest BCUT2D eigenvalue weighted by molar-refractivity contribution is 0.317. The summed E-state index contributed by atoms with van der Waals surface area (Å²) in [7, 11) is 0. The van der Waals surface area contributed by atoms with Gasteiger partial charge in [0.25, 0.3) is 0 Å². The normalized spacial score (nSPS) is 12.5. The third-order valence-corrected chi connectivity index (χ3v) is 4.51. The van der Waals surface area contributed by atoms with Gasteiger partial charge in [-0.3, -0.25) is 0 Å². The average Bonchev–Trinajstić information content (AvgIpc) is 3.02. The Morgan fingerprint density at radius 2 is 1.96 bits per heavy atom. The van der Waals surface area contributed by atoms with Crippen LogP contribution in [0.2, 0.25) is 5.02 Å². The van der Waals surface area contributed by atoms with Gasteiger partial charge in [0.05, 0.1) is 6.61 Å². The summed E-state index contributed by atoms with van der Waals surface area (Å²) in [6.45, 7) is 3.45. The van der Waals surface area contributed by atoms with Gasteiger partial charge in [0, 0.05) is 28.0 Å². The van der Waals surface area contributed by atoms with Crippen molar-refractivity contribution in [3.05, 3.63) is 64.8 Å². The molecule has 1 unspecified atom stereocenters. The minimum atomic E-state index is 0.250. The smallest absolute Gasteiger partial charge is 0.119 e. The number of hydrogen-bond acceptors (Lipinski definition) is 2. The number of benzene rings is 2. The summed E-state index contributed by atoms with van der Waals surface area (Å²) in [5, 5.41) is 1.90. The van der Waals surface area contributed by atoms with E-state index in [1.54, 1.807) is 0 Å². The van der Waals surface area contributed by atoms with Crippen LogP contribution < -0.4 is 10.5 Å². The van der Waals surface area contributed by atoms with Crippen LogP contribution in [0.1, 0.15) is 30.4 Å². The first-order valence-corrected chi connectivity index (χ1v) is 8.77. The molecule has 0 spiro atoms. The summed E-state index contributed by atoms with van der Waals surface area (Å²) in [6.07, 6.45) is 3.96. The molecule has 0 radical (unpaired) electrons. The number of nitrogens with two attached hydrogens (primary N) is 1. The lowest BCUT2D eigenvalue weighted by Crippen LogP contribution is -2.14. The van der Waals surface area contributed by atoms with Crippen LogP contribution in [0.25, 0.3) is 10.9 Å². The van der Waals surface area contributed by atoms with E-state index < -0.39 is 0 Å². The summed E-state index contributed by atoms with van der Waals surface area (Å²) in [4.78, 5) is 3.31. The van der Waals surface area contributed by atoms with Gasteiger partial charge in [-0.1, -0.05) is 30.7 Å². The molecule has 3 rings (SSSR count). The Morgan fingerprint density at radius 1 is 1.17 bits per heavy atom. The maximum atomic E-state index is 6.16. The second kappa shape index (κ2) is 7.73. The second-order valence-electron chi connectivity index (χ2n) is 6.06. The lowest BCUT2D eigenvalue weighted by atomic mass is 9.92. The number of aromatic nitrogens is 1. The SMILES string of the molecule is CCCOc1ccc(CC(CN)c2c[nH]c3ccc(Cl)cc23)cc1. The highest BCUT2D eigenvalue weighted by atomic mass is 35.5. The fraction of sp³-hybridized carbons (Fsp3) is 0.300. The molecule has 1 aromatic heterocycles. The molecular weight excluding hydrogens is 320 g/mol. The molecule has 1 atom stereocenters. The van der Waals surface area contributed by atoms with Gasteiger partial charge in [0.2, 0.25) is 0 Å². The molecule has 0 aliphatic rings. The predicted octanol–water partition coefficient (Wildman–Crippen LogP) is 4.90. The van der Waals surface area contributed by atoms with Crippen molar-refractivity contribution in [3.63, 3.8) is 0 Å². The zero-order valence-electron chi connectivity index (χ0n) is 13.9. The number of hydrogen-bond donors (Lipinski definition) is 2. The Morgan fingerprint density at radius 3 is 2.67 bits per heavy atom. The summed E-state index contributed by atoms with van der Waals surface area (Å²) in [5.74, 6) is 1.17. The number of H-pyrrole nitrogens is 1. The van der Waals surface area contributed by atoms with E-state index in [-0.39, 0.29) is 5.92 Å². The van der Waals surface area contributed by atoms with Gasteiger partial charge >= 0.3 is 0 Å². The van der Waals surface area contributed by atoms with Gasteiger partial charge in [-0.2, -0.15) is 0 Å². The van der Waals surface area contributed by atoms with Crippen molar-refractivity contribution in [2.24, 2.45) is 5.73 Å². The van der Waals surface area contributed by atoms with Crippen molar-refractivity contribution in [3.8, 4) is 5.75 Å². The predicted molar refractivity (Wildman–Crippen MR) is 101 cm³/mol. The number of ether oxygens (including phenoxy) is 1. The van der Waals surface area contributed by atoms with Gasteiger partial charge in [-0.15, -0.1) is 0 Å². The topological polar surface area (TPSA) is 51.0 Å². The molecule has 126 valence electrons. The lowest BCUT2D eigenvalue weighted by Gasteiger charge is -2.15. The van der Waals surface area contributed by atoms with Crippen LogP contribution in [0.4, 0.5) is 0 Å². The highest BCUT2D eigenvalue weighted by Crippen LogP contribution is 2.30. The fourth-order valence-corrected chi connectivity index (χ4v) is 3.17. The van der Waals surface area contributed by atoms with Gasteiger partial charge in [0.1, 0.15) is 5.75 Å². The van der Waals surface area contributed by atoms with E-state index >= 15 is 0 Å².